The lowest BCUT2D eigenvalue weighted by Gasteiger charge is -2.21. The average molecular weight is 430 g/mol. The molecule has 1 amide bonds. The number of rotatable bonds is 6. The summed E-state index contributed by atoms with van der Waals surface area (Å²) < 4.78 is 6.21. The van der Waals surface area contributed by atoms with Crippen LogP contribution in [0.3, 0.4) is 0 Å². The Labute approximate surface area is 166 Å². The van der Waals surface area contributed by atoms with Crippen LogP contribution in [-0.2, 0) is 4.74 Å². The van der Waals surface area contributed by atoms with Crippen LogP contribution >= 0.6 is 27.7 Å². The Hall–Kier alpha value is -1.98. The monoisotopic (exact) mass is 429 g/mol. The Morgan fingerprint density at radius 3 is 2.50 bits per heavy atom. The van der Waals surface area contributed by atoms with Crippen LogP contribution in [0.5, 0.6) is 0 Å². The van der Waals surface area contributed by atoms with Crippen molar-refractivity contribution >= 4 is 39.4 Å². The number of thioether (sulfide) groups is 1. The molecule has 0 N–H and O–H groups in total. The molecule has 1 aliphatic heterocycles. The van der Waals surface area contributed by atoms with E-state index in [1.54, 1.807) is 16.7 Å². The summed E-state index contributed by atoms with van der Waals surface area (Å²) in [5.74, 6) is 0. The van der Waals surface area contributed by atoms with Crippen molar-refractivity contribution in [2.75, 3.05) is 13.2 Å². The molecule has 0 saturated carbocycles. The fourth-order valence-corrected chi connectivity index (χ4v) is 4.06. The highest BCUT2D eigenvalue weighted by molar-refractivity contribution is 9.10. The molecule has 1 heterocycles. The molecule has 0 atom stereocenters. The highest BCUT2D eigenvalue weighted by atomic mass is 79.9. The zero-order valence-electron chi connectivity index (χ0n) is 14.6. The van der Waals surface area contributed by atoms with Gasteiger partial charge in [0.05, 0.1) is 11.6 Å². The normalized spacial score (nSPS) is 14.8. The lowest BCUT2D eigenvalue weighted by molar-refractivity contribution is 0.165. The molecule has 3 rings (SSSR count). The molecule has 0 spiro atoms. The second-order valence-corrected chi connectivity index (χ2v) is 7.94. The van der Waals surface area contributed by atoms with Crippen molar-refractivity contribution in [3.63, 3.8) is 0 Å². The zero-order valence-corrected chi connectivity index (χ0v) is 17.0. The number of allylic oxidation sites excluding steroid dienone is 2. The van der Waals surface area contributed by atoms with E-state index in [0.29, 0.717) is 19.6 Å². The van der Waals surface area contributed by atoms with Gasteiger partial charge in [0.25, 0.3) is 0 Å². The van der Waals surface area contributed by atoms with Crippen LogP contribution in [0.1, 0.15) is 17.5 Å². The third-order valence-electron chi connectivity index (χ3n) is 4.04. The van der Waals surface area contributed by atoms with Gasteiger partial charge in [-0.2, -0.15) is 0 Å². The average Bonchev–Trinajstić information content (AvgIpc) is 3.06. The summed E-state index contributed by atoms with van der Waals surface area (Å²) in [5, 5.41) is 0.901. The molecule has 1 saturated heterocycles. The third kappa shape index (κ3) is 4.40. The molecule has 1 fully saturated rings. The Balaban J connectivity index is 2.09. The maximum atomic E-state index is 12.3. The largest absolute Gasteiger partial charge is 0.447 e. The van der Waals surface area contributed by atoms with Gasteiger partial charge in [-0.1, -0.05) is 63.6 Å². The molecule has 0 bridgehead atoms. The number of amides is 1. The Morgan fingerprint density at radius 1 is 1.23 bits per heavy atom. The number of hydrogen-bond acceptors (Lipinski definition) is 3. The van der Waals surface area contributed by atoms with Crippen molar-refractivity contribution in [3.8, 4) is 0 Å². The molecular weight excluding hydrogens is 410 g/mol. The summed E-state index contributed by atoms with van der Waals surface area (Å²) >= 11 is 5.07. The van der Waals surface area contributed by atoms with Crippen molar-refractivity contribution in [2.45, 2.75) is 18.2 Å². The summed E-state index contributed by atoms with van der Waals surface area (Å²) in [6.45, 7) is 6.94. The van der Waals surface area contributed by atoms with Crippen LogP contribution in [0, 0.1) is 6.92 Å². The zero-order chi connectivity index (χ0) is 18.5. The fourth-order valence-electron chi connectivity index (χ4n) is 2.70. The van der Waals surface area contributed by atoms with Gasteiger partial charge in [0.15, 0.2) is 0 Å². The first-order valence-electron chi connectivity index (χ1n) is 8.37. The van der Waals surface area contributed by atoms with Crippen molar-refractivity contribution in [3.05, 3.63) is 81.8 Å². The predicted molar refractivity (Wildman–Crippen MR) is 111 cm³/mol. The highest BCUT2D eigenvalue weighted by Gasteiger charge is 2.28. The molecule has 0 aromatic heterocycles. The van der Waals surface area contributed by atoms with E-state index in [1.807, 2.05) is 18.2 Å². The first-order chi connectivity index (χ1) is 12.6. The van der Waals surface area contributed by atoms with Gasteiger partial charge in [0, 0.05) is 9.37 Å². The van der Waals surface area contributed by atoms with E-state index in [1.165, 1.54) is 5.56 Å². The molecule has 5 heteroatoms. The number of halogens is 1. The molecule has 26 heavy (non-hydrogen) atoms. The first kappa shape index (κ1) is 18.8. The third-order valence-corrected chi connectivity index (χ3v) is 5.74. The van der Waals surface area contributed by atoms with Crippen molar-refractivity contribution in [1.29, 1.82) is 0 Å². The molecule has 0 radical (unpaired) electrons. The summed E-state index contributed by atoms with van der Waals surface area (Å²) in [4.78, 5) is 15.1. The molecule has 1 aliphatic rings. The topological polar surface area (TPSA) is 29.5 Å². The van der Waals surface area contributed by atoms with E-state index in [9.17, 15) is 4.79 Å². The van der Waals surface area contributed by atoms with Gasteiger partial charge >= 0.3 is 6.09 Å². The van der Waals surface area contributed by atoms with Gasteiger partial charge in [0.1, 0.15) is 6.61 Å². The second-order valence-electron chi connectivity index (χ2n) is 5.96. The van der Waals surface area contributed by atoms with Crippen LogP contribution in [0.4, 0.5) is 4.79 Å². The summed E-state index contributed by atoms with van der Waals surface area (Å²) in [6.07, 6.45) is 2.24. The minimum absolute atomic E-state index is 0.293. The van der Waals surface area contributed by atoms with Crippen LogP contribution in [0.2, 0.25) is 0 Å². The van der Waals surface area contributed by atoms with Crippen LogP contribution in [-0.4, -0.2) is 24.1 Å². The van der Waals surface area contributed by atoms with Crippen molar-refractivity contribution in [2.24, 2.45) is 0 Å². The number of nitrogens with zero attached hydrogens (tertiary/aromatic N) is 1. The van der Waals surface area contributed by atoms with E-state index in [-0.39, 0.29) is 6.09 Å². The van der Waals surface area contributed by atoms with Crippen molar-refractivity contribution < 1.29 is 9.53 Å². The minimum atomic E-state index is -0.293. The SMILES string of the molecule is C=CC/C(=C(\Sc1ccc(C)cc1)N1CCOC1=O)c1ccc(Br)cc1. The Morgan fingerprint density at radius 2 is 1.92 bits per heavy atom. The number of cyclic esters (lactones) is 1. The molecule has 3 nitrogen and oxygen atoms in total. The van der Waals surface area contributed by atoms with Crippen LogP contribution < -0.4 is 0 Å². The number of benzene rings is 2. The maximum Gasteiger partial charge on any atom is 0.414 e. The molecule has 0 aliphatic carbocycles. The summed E-state index contributed by atoms with van der Waals surface area (Å²) in [5.41, 5.74) is 3.35. The molecule has 0 unspecified atom stereocenters. The minimum Gasteiger partial charge on any atom is -0.447 e. The van der Waals surface area contributed by atoms with E-state index < -0.39 is 0 Å². The van der Waals surface area contributed by atoms with E-state index in [4.69, 9.17) is 4.74 Å². The van der Waals surface area contributed by atoms with E-state index in [2.05, 4.69) is 65.8 Å². The molecule has 2 aromatic carbocycles. The van der Waals surface area contributed by atoms with Gasteiger partial charge < -0.3 is 4.74 Å². The number of hydrogen-bond donors (Lipinski definition) is 0. The molecule has 2 aromatic rings. The van der Waals surface area contributed by atoms with Gasteiger partial charge in [-0.3, -0.25) is 4.90 Å². The number of aryl methyl sites for hydroxylation is 1. The number of carbonyl (C=O) groups excluding carboxylic acids is 1. The van der Waals surface area contributed by atoms with Gasteiger partial charge in [-0.25, -0.2) is 4.79 Å². The standard InChI is InChI=1S/C21H20BrNO2S/c1-3-4-19(16-7-9-17(22)10-8-16)20(23-13-14-25-21(23)24)26-18-11-5-15(2)6-12-18/h3,5-12H,1,4,13-14H2,2H3/b20-19+. The van der Waals surface area contributed by atoms with Gasteiger partial charge in [-0.05, 0) is 48.7 Å². The van der Waals surface area contributed by atoms with Gasteiger partial charge in [-0.15, -0.1) is 6.58 Å². The number of ether oxygens (including phenoxy) is 1. The Kier molecular flexibility index (Phi) is 6.22. The van der Waals surface area contributed by atoms with Crippen molar-refractivity contribution in [1.82, 2.24) is 4.90 Å². The quantitative estimate of drug-likeness (QED) is 0.401. The van der Waals surface area contributed by atoms with E-state index in [0.717, 1.165) is 25.5 Å². The first-order valence-corrected chi connectivity index (χ1v) is 9.98. The lowest BCUT2D eigenvalue weighted by atomic mass is 10.0. The van der Waals surface area contributed by atoms with E-state index >= 15 is 0 Å². The fraction of sp³-hybridized carbons (Fsp3) is 0.190. The summed E-state index contributed by atoms with van der Waals surface area (Å²) in [7, 11) is 0. The van der Waals surface area contributed by atoms with Crippen LogP contribution in [0.25, 0.3) is 5.57 Å². The smallest absolute Gasteiger partial charge is 0.414 e. The predicted octanol–water partition coefficient (Wildman–Crippen LogP) is 6.25. The van der Waals surface area contributed by atoms with Crippen LogP contribution in [0.15, 0.2) is 75.6 Å². The molecule has 134 valence electrons. The Bertz CT molecular complexity index is 828. The maximum absolute atomic E-state index is 12.3. The molecular formula is C21H20BrNO2S. The second kappa shape index (κ2) is 8.60. The highest BCUT2D eigenvalue weighted by Crippen LogP contribution is 2.38. The lowest BCUT2D eigenvalue weighted by Crippen LogP contribution is -2.23. The van der Waals surface area contributed by atoms with Gasteiger partial charge in [0.2, 0.25) is 0 Å². The summed E-state index contributed by atoms with van der Waals surface area (Å²) in [6, 6.07) is 16.4. The number of carbonyl (C=O) groups is 1.